The third-order valence-corrected chi connectivity index (χ3v) is 5.60. The maximum Gasteiger partial charge on any atom is 0.150 e. The normalized spacial score (nSPS) is 22.6. The van der Waals surface area contributed by atoms with Gasteiger partial charge in [-0.15, -0.1) is 0 Å². The lowest BCUT2D eigenvalue weighted by molar-refractivity contribution is -0.211. The van der Waals surface area contributed by atoms with Crippen LogP contribution in [-0.2, 0) is 38.8 Å². The topological polar surface area (TPSA) is 57.2 Å². The maximum atomic E-state index is 10.8. The van der Waals surface area contributed by atoms with Gasteiger partial charge in [-0.1, -0.05) is 97.6 Å². The Morgan fingerprint density at radius 3 is 1.64 bits per heavy atom. The highest BCUT2D eigenvalue weighted by molar-refractivity contribution is 5.16. The second kappa shape index (κ2) is 11.8. The SMILES string of the molecule is C=C1O[C@H](COCc2ccccc2)C(OCc2ccccc2)[C@H](OCc2ccccc2)[C@H]1O. The van der Waals surface area contributed by atoms with Gasteiger partial charge in [0.05, 0.1) is 26.4 Å². The van der Waals surface area contributed by atoms with E-state index in [1.165, 1.54) is 0 Å². The molecule has 3 aromatic rings. The molecule has 4 atom stereocenters. The Kier molecular flexibility index (Phi) is 8.28. The summed E-state index contributed by atoms with van der Waals surface area (Å²) >= 11 is 0. The van der Waals surface area contributed by atoms with E-state index in [1.54, 1.807) is 0 Å². The lowest BCUT2D eigenvalue weighted by atomic mass is 9.97. The van der Waals surface area contributed by atoms with Crippen molar-refractivity contribution in [2.24, 2.45) is 0 Å². The van der Waals surface area contributed by atoms with Crippen LogP contribution in [0.5, 0.6) is 0 Å². The van der Waals surface area contributed by atoms with Crippen LogP contribution < -0.4 is 0 Å². The average Bonchev–Trinajstić information content (AvgIpc) is 2.86. The molecule has 1 heterocycles. The molecule has 1 fully saturated rings. The van der Waals surface area contributed by atoms with Gasteiger partial charge in [-0.25, -0.2) is 0 Å². The number of ether oxygens (including phenoxy) is 4. The lowest BCUT2D eigenvalue weighted by Crippen LogP contribution is -2.55. The van der Waals surface area contributed by atoms with Crippen LogP contribution in [0.3, 0.4) is 0 Å². The molecule has 4 rings (SSSR count). The van der Waals surface area contributed by atoms with E-state index in [4.69, 9.17) is 18.9 Å². The van der Waals surface area contributed by atoms with E-state index in [0.717, 1.165) is 16.7 Å². The standard InChI is InChI=1S/C28H30O5/c1-21-26(29)28(32-19-24-15-9-4-10-16-24)27(31-18-23-13-7-3-8-14-23)25(33-21)20-30-17-22-11-5-2-6-12-22/h2-16,25-29H,1,17-20H2/t25-,26+,27?,28-/m1/s1. The number of aliphatic hydroxyl groups excluding tert-OH is 1. The molecule has 172 valence electrons. The Morgan fingerprint density at radius 2 is 1.12 bits per heavy atom. The summed E-state index contributed by atoms with van der Waals surface area (Å²) in [6, 6.07) is 29.7. The molecule has 0 aliphatic carbocycles. The Hall–Kier alpha value is -2.96. The minimum Gasteiger partial charge on any atom is -0.487 e. The smallest absolute Gasteiger partial charge is 0.150 e. The van der Waals surface area contributed by atoms with Crippen molar-refractivity contribution in [1.82, 2.24) is 0 Å². The first-order valence-corrected chi connectivity index (χ1v) is 11.2. The third-order valence-electron chi connectivity index (χ3n) is 5.60. The zero-order valence-corrected chi connectivity index (χ0v) is 18.6. The van der Waals surface area contributed by atoms with Crippen LogP contribution in [0, 0.1) is 0 Å². The summed E-state index contributed by atoms with van der Waals surface area (Å²) in [5, 5.41) is 10.8. The van der Waals surface area contributed by atoms with Crippen molar-refractivity contribution in [3.05, 3.63) is 120 Å². The molecule has 0 aromatic heterocycles. The van der Waals surface area contributed by atoms with Gasteiger partial charge in [0.1, 0.15) is 24.1 Å². The molecule has 0 amide bonds. The van der Waals surface area contributed by atoms with Gasteiger partial charge in [0, 0.05) is 0 Å². The predicted octanol–water partition coefficient (Wildman–Crippen LogP) is 4.65. The predicted molar refractivity (Wildman–Crippen MR) is 126 cm³/mol. The first kappa shape index (κ1) is 23.2. The van der Waals surface area contributed by atoms with E-state index >= 15 is 0 Å². The second-order valence-corrected chi connectivity index (χ2v) is 8.09. The van der Waals surface area contributed by atoms with Crippen LogP contribution in [0.15, 0.2) is 103 Å². The summed E-state index contributed by atoms with van der Waals surface area (Å²) in [7, 11) is 0. The number of aliphatic hydroxyl groups is 1. The van der Waals surface area contributed by atoms with E-state index in [1.807, 2.05) is 91.0 Å². The monoisotopic (exact) mass is 446 g/mol. The van der Waals surface area contributed by atoms with E-state index in [0.29, 0.717) is 19.8 Å². The van der Waals surface area contributed by atoms with Crippen molar-refractivity contribution in [3.63, 3.8) is 0 Å². The summed E-state index contributed by atoms with van der Waals surface area (Å²) in [6.07, 6.45) is -2.64. The molecule has 1 unspecified atom stereocenters. The van der Waals surface area contributed by atoms with Crippen LogP contribution in [0.2, 0.25) is 0 Å². The van der Waals surface area contributed by atoms with Crippen molar-refractivity contribution < 1.29 is 24.1 Å². The highest BCUT2D eigenvalue weighted by Gasteiger charge is 2.44. The van der Waals surface area contributed by atoms with Crippen LogP contribution in [0.25, 0.3) is 0 Å². The van der Waals surface area contributed by atoms with Crippen LogP contribution in [0.4, 0.5) is 0 Å². The Morgan fingerprint density at radius 1 is 0.667 bits per heavy atom. The van der Waals surface area contributed by atoms with Crippen molar-refractivity contribution in [2.75, 3.05) is 6.61 Å². The number of hydrogen-bond donors (Lipinski definition) is 1. The molecule has 1 aliphatic heterocycles. The van der Waals surface area contributed by atoms with Crippen LogP contribution in [-0.4, -0.2) is 36.1 Å². The summed E-state index contributed by atoms with van der Waals surface area (Å²) in [5.41, 5.74) is 3.12. The Labute approximate surface area is 195 Å². The fourth-order valence-corrected chi connectivity index (χ4v) is 3.82. The van der Waals surface area contributed by atoms with Gasteiger partial charge in [0.25, 0.3) is 0 Å². The minimum atomic E-state index is -1.00. The second-order valence-electron chi connectivity index (χ2n) is 8.09. The fourth-order valence-electron chi connectivity index (χ4n) is 3.82. The summed E-state index contributed by atoms with van der Waals surface area (Å²) in [4.78, 5) is 0. The van der Waals surface area contributed by atoms with E-state index in [-0.39, 0.29) is 12.4 Å². The number of hydrogen-bond acceptors (Lipinski definition) is 5. The van der Waals surface area contributed by atoms with Crippen LogP contribution >= 0.6 is 0 Å². The van der Waals surface area contributed by atoms with E-state index in [9.17, 15) is 5.11 Å². The molecule has 5 nitrogen and oxygen atoms in total. The molecule has 1 aliphatic rings. The van der Waals surface area contributed by atoms with Crippen molar-refractivity contribution >= 4 is 0 Å². The molecule has 0 spiro atoms. The molecule has 0 bridgehead atoms. The Bertz CT molecular complexity index is 977. The highest BCUT2D eigenvalue weighted by atomic mass is 16.6. The van der Waals surface area contributed by atoms with Crippen molar-refractivity contribution in [1.29, 1.82) is 0 Å². The van der Waals surface area contributed by atoms with E-state index in [2.05, 4.69) is 6.58 Å². The van der Waals surface area contributed by atoms with Gasteiger partial charge in [0.15, 0.2) is 6.10 Å². The van der Waals surface area contributed by atoms with Gasteiger partial charge >= 0.3 is 0 Å². The van der Waals surface area contributed by atoms with Gasteiger partial charge in [-0.05, 0) is 16.7 Å². The van der Waals surface area contributed by atoms with Crippen LogP contribution in [0.1, 0.15) is 16.7 Å². The molecule has 33 heavy (non-hydrogen) atoms. The molecule has 0 radical (unpaired) electrons. The minimum absolute atomic E-state index is 0.265. The van der Waals surface area contributed by atoms with Gasteiger partial charge in [0.2, 0.25) is 0 Å². The molecular weight excluding hydrogens is 416 g/mol. The van der Waals surface area contributed by atoms with Gasteiger partial charge < -0.3 is 24.1 Å². The summed E-state index contributed by atoms with van der Waals surface area (Å²) < 4.78 is 24.3. The number of rotatable bonds is 10. The molecule has 1 saturated heterocycles. The zero-order valence-electron chi connectivity index (χ0n) is 18.6. The number of benzene rings is 3. The van der Waals surface area contributed by atoms with E-state index < -0.39 is 24.4 Å². The zero-order chi connectivity index (χ0) is 22.9. The van der Waals surface area contributed by atoms with Crippen molar-refractivity contribution in [2.45, 2.75) is 44.2 Å². The molecule has 0 saturated carbocycles. The fraction of sp³-hybridized carbons (Fsp3) is 0.286. The molecule has 5 heteroatoms. The summed E-state index contributed by atoms with van der Waals surface area (Å²) in [5.74, 6) is 0.265. The van der Waals surface area contributed by atoms with Crippen molar-refractivity contribution in [3.8, 4) is 0 Å². The third kappa shape index (κ3) is 6.53. The average molecular weight is 447 g/mol. The first-order chi connectivity index (χ1) is 16.2. The van der Waals surface area contributed by atoms with Gasteiger partial charge in [-0.3, -0.25) is 0 Å². The molecular formula is C28H30O5. The Balaban J connectivity index is 1.46. The largest absolute Gasteiger partial charge is 0.487 e. The maximum absolute atomic E-state index is 10.8. The molecule has 1 N–H and O–H groups in total. The first-order valence-electron chi connectivity index (χ1n) is 11.2. The quantitative estimate of drug-likeness (QED) is 0.491. The lowest BCUT2D eigenvalue weighted by Gasteiger charge is -2.41. The highest BCUT2D eigenvalue weighted by Crippen LogP contribution is 2.29. The molecule has 3 aromatic carbocycles. The van der Waals surface area contributed by atoms with Gasteiger partial charge in [-0.2, -0.15) is 0 Å². The summed E-state index contributed by atoms with van der Waals surface area (Å²) in [6.45, 7) is 5.36.